The third-order valence-corrected chi connectivity index (χ3v) is 6.56. The highest BCUT2D eigenvalue weighted by Crippen LogP contribution is 2.15. The van der Waals surface area contributed by atoms with Crippen LogP contribution in [-0.2, 0) is 4.79 Å². The van der Waals surface area contributed by atoms with E-state index in [0.717, 1.165) is 17.7 Å². The summed E-state index contributed by atoms with van der Waals surface area (Å²) in [6, 6.07) is 0. The molecule has 2 heteroatoms. The molecule has 33 heavy (non-hydrogen) atoms. The maximum absolute atomic E-state index is 11.8. The van der Waals surface area contributed by atoms with Gasteiger partial charge in [-0.05, 0) is 30.2 Å². The Hall–Kier alpha value is -2.09. The molecule has 0 bridgehead atoms. The van der Waals surface area contributed by atoms with Crippen LogP contribution >= 0.6 is 0 Å². The van der Waals surface area contributed by atoms with Crippen molar-refractivity contribution in [3.63, 3.8) is 0 Å². The Morgan fingerprint density at radius 1 is 0.606 bits per heavy atom. The topological polar surface area (TPSA) is 20.3 Å². The van der Waals surface area contributed by atoms with Gasteiger partial charge in [-0.25, -0.2) is 0 Å². The second kappa shape index (κ2) is 18.3. The summed E-state index contributed by atoms with van der Waals surface area (Å²) in [6.45, 7) is 3.38. The van der Waals surface area contributed by atoms with E-state index < -0.39 is 0 Å². The van der Waals surface area contributed by atoms with Crippen LogP contribution in [0.2, 0.25) is 0 Å². The van der Waals surface area contributed by atoms with Crippen molar-refractivity contribution in [1.29, 1.82) is 0 Å². The maximum Gasteiger partial charge on any atom is 0.185 e. The maximum atomic E-state index is 11.8. The Morgan fingerprint density at radius 2 is 1.09 bits per heavy atom. The van der Waals surface area contributed by atoms with Crippen LogP contribution in [0.3, 0.4) is 0 Å². The number of allylic oxidation sites excluding steroid dienone is 10. The molecule has 0 atom stereocenters. The number of hydrogen-bond donors (Lipinski definition) is 0. The lowest BCUT2D eigenvalue weighted by atomic mass is 10.0. The van der Waals surface area contributed by atoms with Gasteiger partial charge in [0.05, 0.1) is 0 Å². The summed E-state index contributed by atoms with van der Waals surface area (Å²) in [7, 11) is 0. The molecule has 0 spiro atoms. The fraction of sp³-hybridized carbons (Fsp3) is 0.581. The molecule has 2 aliphatic rings. The third-order valence-electron chi connectivity index (χ3n) is 6.56. The van der Waals surface area contributed by atoms with Gasteiger partial charge < -0.3 is 4.90 Å². The van der Waals surface area contributed by atoms with Crippen LogP contribution in [0.1, 0.15) is 110 Å². The molecule has 0 radical (unpaired) electrons. The molecule has 2 nitrogen and oxygen atoms in total. The predicted molar refractivity (Wildman–Crippen MR) is 144 cm³/mol. The minimum Gasteiger partial charge on any atom is -0.354 e. The van der Waals surface area contributed by atoms with Crippen LogP contribution in [0.15, 0.2) is 72.2 Å². The fourth-order valence-corrected chi connectivity index (χ4v) is 4.38. The van der Waals surface area contributed by atoms with Crippen LogP contribution in [0.25, 0.3) is 0 Å². The van der Waals surface area contributed by atoms with E-state index in [1.54, 1.807) is 12.2 Å². The second-order valence-corrected chi connectivity index (χ2v) is 9.54. The summed E-state index contributed by atoms with van der Waals surface area (Å²) in [4.78, 5) is 14.0. The van der Waals surface area contributed by atoms with E-state index >= 15 is 0 Å². The number of rotatable bonds is 18. The van der Waals surface area contributed by atoms with E-state index in [4.69, 9.17) is 0 Å². The first-order valence-electron chi connectivity index (χ1n) is 13.7. The normalized spacial score (nSPS) is 16.4. The lowest BCUT2D eigenvalue weighted by molar-refractivity contribution is -0.111. The first-order chi connectivity index (χ1) is 16.3. The number of ketones is 1. The van der Waals surface area contributed by atoms with Gasteiger partial charge in [0.2, 0.25) is 0 Å². The van der Waals surface area contributed by atoms with Crippen molar-refractivity contribution in [2.24, 2.45) is 0 Å². The van der Waals surface area contributed by atoms with Gasteiger partial charge in [0.15, 0.2) is 5.78 Å². The van der Waals surface area contributed by atoms with Crippen LogP contribution in [0.4, 0.5) is 0 Å². The highest BCUT2D eigenvalue weighted by molar-refractivity contribution is 6.07. The summed E-state index contributed by atoms with van der Waals surface area (Å²) in [5.41, 5.74) is 1.86. The molecule has 2 rings (SSSR count). The Bertz CT molecular complexity index is 703. The highest BCUT2D eigenvalue weighted by Gasteiger charge is 2.04. The monoisotopic (exact) mass is 449 g/mol. The summed E-state index contributed by atoms with van der Waals surface area (Å²) < 4.78 is 0. The minimum absolute atomic E-state index is 0.0724. The average Bonchev–Trinajstić information content (AvgIpc) is 2.84. The minimum atomic E-state index is 0.0724. The average molecular weight is 450 g/mol. The Balaban J connectivity index is 1.39. The predicted octanol–water partition coefficient (Wildman–Crippen LogP) is 9.14. The van der Waals surface area contributed by atoms with E-state index in [1.807, 2.05) is 24.3 Å². The molecule has 0 fully saturated rings. The molecular formula is C31H47NO. The van der Waals surface area contributed by atoms with Crippen molar-refractivity contribution in [3.05, 3.63) is 72.2 Å². The van der Waals surface area contributed by atoms with Gasteiger partial charge >= 0.3 is 0 Å². The zero-order valence-corrected chi connectivity index (χ0v) is 21.1. The molecule has 182 valence electrons. The molecule has 0 aromatic heterocycles. The quantitative estimate of drug-likeness (QED) is 0.153. The molecule has 0 unspecified atom stereocenters. The lowest BCUT2D eigenvalue weighted by Gasteiger charge is -2.18. The summed E-state index contributed by atoms with van der Waals surface area (Å²) in [5, 5.41) is 0. The summed E-state index contributed by atoms with van der Waals surface area (Å²) in [6.07, 6.45) is 42.1. The lowest BCUT2D eigenvalue weighted by Crippen LogP contribution is -2.13. The van der Waals surface area contributed by atoms with Crippen molar-refractivity contribution in [1.82, 2.24) is 4.90 Å². The molecule has 0 amide bonds. The van der Waals surface area contributed by atoms with Crippen LogP contribution in [0, 0.1) is 0 Å². The zero-order valence-electron chi connectivity index (χ0n) is 21.1. The SMILES string of the molecule is CCCCCCCCCCCCCCCCCCN1C=CC(=CC=C2C=CC=CC2=O)C=C1. The Kier molecular flexibility index (Phi) is 15.1. The van der Waals surface area contributed by atoms with Crippen molar-refractivity contribution in [3.8, 4) is 0 Å². The third kappa shape index (κ3) is 13.3. The molecule has 1 aliphatic heterocycles. The van der Waals surface area contributed by atoms with Gasteiger partial charge in [0.25, 0.3) is 0 Å². The standard InChI is InChI=1S/C31H47NO/c1-2-3-4-5-6-7-8-9-10-11-12-13-14-15-16-19-26-32-27-24-29(25-28-32)22-23-30-20-17-18-21-31(30)33/h17-18,20-25,27-28H,2-16,19,26H2,1H3. The van der Waals surface area contributed by atoms with Gasteiger partial charge in [0.1, 0.15) is 0 Å². The number of unbranched alkanes of at least 4 members (excludes halogenated alkanes) is 15. The van der Waals surface area contributed by atoms with Gasteiger partial charge in [-0.1, -0.05) is 134 Å². The number of nitrogens with zero attached hydrogens (tertiary/aromatic N) is 1. The van der Waals surface area contributed by atoms with E-state index in [9.17, 15) is 4.79 Å². The largest absolute Gasteiger partial charge is 0.354 e. The fourth-order valence-electron chi connectivity index (χ4n) is 4.38. The molecule has 0 saturated carbocycles. The van der Waals surface area contributed by atoms with Crippen molar-refractivity contribution >= 4 is 5.78 Å². The van der Waals surface area contributed by atoms with Crippen molar-refractivity contribution < 1.29 is 4.79 Å². The first-order valence-corrected chi connectivity index (χ1v) is 13.7. The summed E-state index contributed by atoms with van der Waals surface area (Å²) in [5.74, 6) is 0.0724. The molecular weight excluding hydrogens is 402 g/mol. The van der Waals surface area contributed by atoms with E-state index in [0.29, 0.717) is 0 Å². The van der Waals surface area contributed by atoms with E-state index in [-0.39, 0.29) is 5.78 Å². The van der Waals surface area contributed by atoms with Gasteiger partial charge in [-0.3, -0.25) is 4.79 Å². The molecule has 0 N–H and O–H groups in total. The Morgan fingerprint density at radius 3 is 1.61 bits per heavy atom. The van der Waals surface area contributed by atoms with Gasteiger partial charge in [-0.2, -0.15) is 0 Å². The first kappa shape index (κ1) is 27.2. The van der Waals surface area contributed by atoms with Crippen LogP contribution < -0.4 is 0 Å². The zero-order chi connectivity index (χ0) is 23.4. The molecule has 0 aromatic rings. The van der Waals surface area contributed by atoms with Gasteiger partial charge in [-0.15, -0.1) is 0 Å². The number of carbonyl (C=O) groups is 1. The molecule has 0 saturated heterocycles. The Labute approximate surface area is 203 Å². The van der Waals surface area contributed by atoms with Crippen LogP contribution in [-0.4, -0.2) is 17.2 Å². The van der Waals surface area contributed by atoms with Crippen molar-refractivity contribution in [2.75, 3.05) is 6.54 Å². The molecule has 1 aliphatic carbocycles. The van der Waals surface area contributed by atoms with Gasteiger partial charge in [0, 0.05) is 24.5 Å². The smallest absolute Gasteiger partial charge is 0.185 e. The highest BCUT2D eigenvalue weighted by atomic mass is 16.1. The number of hydrogen-bond acceptors (Lipinski definition) is 2. The van der Waals surface area contributed by atoms with E-state index in [2.05, 4.69) is 36.4 Å². The van der Waals surface area contributed by atoms with E-state index in [1.165, 1.54) is 103 Å². The molecule has 0 aromatic carbocycles. The number of carbonyl (C=O) groups excluding carboxylic acids is 1. The second-order valence-electron chi connectivity index (χ2n) is 9.54. The molecule has 1 heterocycles. The van der Waals surface area contributed by atoms with Crippen LogP contribution in [0.5, 0.6) is 0 Å². The van der Waals surface area contributed by atoms with Crippen molar-refractivity contribution in [2.45, 2.75) is 110 Å². The summed E-state index contributed by atoms with van der Waals surface area (Å²) >= 11 is 0.